The summed E-state index contributed by atoms with van der Waals surface area (Å²) >= 11 is 0. The number of amides is 1. The molecular formula is C11H14FN3O. The molecule has 1 heterocycles. The summed E-state index contributed by atoms with van der Waals surface area (Å²) in [6, 6.07) is 1.11. The minimum Gasteiger partial charge on any atom is -0.383 e. The standard InChI is InChI=1S/C11H14FN3O/c12-8-5-9(10(13)15-6-8)11(16)14-4-3-7-1-2-7/h5-7H,1-4H2,(H2,13,15)(H,14,16). The van der Waals surface area contributed by atoms with E-state index in [1.165, 1.54) is 12.8 Å². The zero-order chi connectivity index (χ0) is 11.5. The SMILES string of the molecule is Nc1ncc(F)cc1C(=O)NCCC1CC1. The van der Waals surface area contributed by atoms with Crippen LogP contribution in [0.5, 0.6) is 0 Å². The molecule has 1 fully saturated rings. The van der Waals surface area contributed by atoms with E-state index >= 15 is 0 Å². The van der Waals surface area contributed by atoms with Gasteiger partial charge in [-0.25, -0.2) is 9.37 Å². The summed E-state index contributed by atoms with van der Waals surface area (Å²) in [5.41, 5.74) is 5.60. The van der Waals surface area contributed by atoms with Crippen LogP contribution in [0.4, 0.5) is 10.2 Å². The molecule has 0 saturated heterocycles. The number of nitrogens with zero attached hydrogens (tertiary/aromatic N) is 1. The van der Waals surface area contributed by atoms with Gasteiger partial charge in [0, 0.05) is 6.54 Å². The molecule has 1 aromatic rings. The summed E-state index contributed by atoms with van der Waals surface area (Å²) in [7, 11) is 0. The molecule has 1 aliphatic carbocycles. The van der Waals surface area contributed by atoms with Gasteiger partial charge < -0.3 is 11.1 Å². The molecule has 1 aliphatic rings. The fourth-order valence-corrected chi connectivity index (χ4v) is 1.52. The van der Waals surface area contributed by atoms with E-state index in [0.29, 0.717) is 6.54 Å². The molecule has 3 N–H and O–H groups in total. The van der Waals surface area contributed by atoms with Crippen LogP contribution in [-0.2, 0) is 0 Å². The lowest BCUT2D eigenvalue weighted by Crippen LogP contribution is -2.26. The lowest BCUT2D eigenvalue weighted by Gasteiger charge is -2.06. The average molecular weight is 223 g/mol. The molecule has 2 rings (SSSR count). The number of carbonyl (C=O) groups excluding carboxylic acids is 1. The Morgan fingerprint density at radius 2 is 2.38 bits per heavy atom. The van der Waals surface area contributed by atoms with Gasteiger partial charge >= 0.3 is 0 Å². The topological polar surface area (TPSA) is 68.0 Å². The molecule has 86 valence electrons. The van der Waals surface area contributed by atoms with Gasteiger partial charge in [-0.2, -0.15) is 0 Å². The Hall–Kier alpha value is -1.65. The third-order valence-corrected chi connectivity index (χ3v) is 2.66. The number of carbonyl (C=O) groups is 1. The largest absolute Gasteiger partial charge is 0.383 e. The van der Waals surface area contributed by atoms with E-state index in [2.05, 4.69) is 10.3 Å². The number of hydrogen-bond acceptors (Lipinski definition) is 3. The van der Waals surface area contributed by atoms with Gasteiger partial charge in [0.1, 0.15) is 11.6 Å². The molecule has 1 aromatic heterocycles. The van der Waals surface area contributed by atoms with Gasteiger partial charge in [0.25, 0.3) is 5.91 Å². The van der Waals surface area contributed by atoms with E-state index in [1.807, 2.05) is 0 Å². The first-order valence-corrected chi connectivity index (χ1v) is 5.36. The van der Waals surface area contributed by atoms with Crippen molar-refractivity contribution < 1.29 is 9.18 Å². The molecule has 0 spiro atoms. The Morgan fingerprint density at radius 1 is 1.62 bits per heavy atom. The summed E-state index contributed by atoms with van der Waals surface area (Å²) in [5, 5.41) is 2.71. The van der Waals surface area contributed by atoms with Crippen LogP contribution in [0.1, 0.15) is 29.6 Å². The molecule has 0 unspecified atom stereocenters. The molecule has 0 aromatic carbocycles. The zero-order valence-electron chi connectivity index (χ0n) is 8.87. The normalized spacial score (nSPS) is 14.8. The highest BCUT2D eigenvalue weighted by molar-refractivity contribution is 5.98. The van der Waals surface area contributed by atoms with Crippen LogP contribution in [0.2, 0.25) is 0 Å². The summed E-state index contributed by atoms with van der Waals surface area (Å²) in [4.78, 5) is 15.2. The number of anilines is 1. The van der Waals surface area contributed by atoms with E-state index in [0.717, 1.165) is 24.6 Å². The molecule has 1 saturated carbocycles. The number of nitrogens with one attached hydrogen (secondary N) is 1. The number of nitrogens with two attached hydrogens (primary N) is 1. The van der Waals surface area contributed by atoms with Crippen LogP contribution in [-0.4, -0.2) is 17.4 Å². The van der Waals surface area contributed by atoms with Crippen LogP contribution in [0.25, 0.3) is 0 Å². The summed E-state index contributed by atoms with van der Waals surface area (Å²) < 4.78 is 12.9. The Bertz CT molecular complexity index is 404. The highest BCUT2D eigenvalue weighted by Gasteiger charge is 2.21. The Balaban J connectivity index is 1.93. The Labute approximate surface area is 93.1 Å². The minimum absolute atomic E-state index is 0.0605. The first-order valence-electron chi connectivity index (χ1n) is 5.36. The van der Waals surface area contributed by atoms with Gasteiger partial charge in [0.15, 0.2) is 0 Å². The number of hydrogen-bond donors (Lipinski definition) is 2. The maximum absolute atomic E-state index is 12.9. The zero-order valence-corrected chi connectivity index (χ0v) is 8.87. The Morgan fingerprint density at radius 3 is 3.06 bits per heavy atom. The summed E-state index contributed by atoms with van der Waals surface area (Å²) in [5.74, 6) is -0.0969. The predicted octanol–water partition coefficient (Wildman–Crippen LogP) is 1.33. The number of nitrogen functional groups attached to an aromatic ring is 1. The first kappa shape index (κ1) is 10.9. The molecular weight excluding hydrogens is 209 g/mol. The fourth-order valence-electron chi connectivity index (χ4n) is 1.52. The monoisotopic (exact) mass is 223 g/mol. The van der Waals surface area contributed by atoms with Crippen molar-refractivity contribution in [3.8, 4) is 0 Å². The van der Waals surface area contributed by atoms with E-state index < -0.39 is 5.82 Å². The first-order chi connectivity index (χ1) is 7.66. The van der Waals surface area contributed by atoms with Crippen LogP contribution >= 0.6 is 0 Å². The van der Waals surface area contributed by atoms with Gasteiger partial charge in [0.05, 0.1) is 11.8 Å². The van der Waals surface area contributed by atoms with Crippen molar-refractivity contribution in [2.24, 2.45) is 5.92 Å². The van der Waals surface area contributed by atoms with Crippen LogP contribution in [0.15, 0.2) is 12.3 Å². The van der Waals surface area contributed by atoms with Gasteiger partial charge in [-0.15, -0.1) is 0 Å². The maximum Gasteiger partial charge on any atom is 0.255 e. The van der Waals surface area contributed by atoms with Crippen molar-refractivity contribution in [3.63, 3.8) is 0 Å². The number of rotatable bonds is 4. The van der Waals surface area contributed by atoms with Crippen molar-refractivity contribution in [2.75, 3.05) is 12.3 Å². The van der Waals surface area contributed by atoms with Gasteiger partial charge in [-0.05, 0) is 18.4 Å². The average Bonchev–Trinajstić information content (AvgIpc) is 3.05. The second kappa shape index (κ2) is 4.47. The third kappa shape index (κ3) is 2.68. The van der Waals surface area contributed by atoms with Crippen LogP contribution in [0.3, 0.4) is 0 Å². The molecule has 0 atom stereocenters. The highest BCUT2D eigenvalue weighted by Crippen LogP contribution is 2.31. The fraction of sp³-hybridized carbons (Fsp3) is 0.455. The number of halogens is 1. The van der Waals surface area contributed by atoms with Gasteiger partial charge in [0.2, 0.25) is 0 Å². The third-order valence-electron chi connectivity index (χ3n) is 2.66. The Kier molecular flexibility index (Phi) is 3.03. The second-order valence-electron chi connectivity index (χ2n) is 4.07. The van der Waals surface area contributed by atoms with Crippen molar-refractivity contribution >= 4 is 11.7 Å². The number of aromatic nitrogens is 1. The highest BCUT2D eigenvalue weighted by atomic mass is 19.1. The van der Waals surface area contributed by atoms with E-state index in [9.17, 15) is 9.18 Å². The molecule has 0 aliphatic heterocycles. The van der Waals surface area contributed by atoms with Crippen molar-refractivity contribution in [1.82, 2.24) is 10.3 Å². The summed E-state index contributed by atoms with van der Waals surface area (Å²) in [6.07, 6.45) is 4.48. The lowest BCUT2D eigenvalue weighted by atomic mass is 10.2. The summed E-state index contributed by atoms with van der Waals surface area (Å²) in [6.45, 7) is 0.611. The molecule has 1 amide bonds. The number of pyridine rings is 1. The molecule has 5 heteroatoms. The second-order valence-corrected chi connectivity index (χ2v) is 4.07. The van der Waals surface area contributed by atoms with Crippen molar-refractivity contribution in [2.45, 2.75) is 19.3 Å². The quantitative estimate of drug-likeness (QED) is 0.809. The predicted molar refractivity (Wildman–Crippen MR) is 58.3 cm³/mol. The lowest BCUT2D eigenvalue weighted by molar-refractivity contribution is 0.0953. The molecule has 4 nitrogen and oxygen atoms in total. The van der Waals surface area contributed by atoms with Crippen molar-refractivity contribution in [1.29, 1.82) is 0 Å². The van der Waals surface area contributed by atoms with Crippen LogP contribution < -0.4 is 11.1 Å². The van der Waals surface area contributed by atoms with Gasteiger partial charge in [-0.1, -0.05) is 12.8 Å². The molecule has 16 heavy (non-hydrogen) atoms. The smallest absolute Gasteiger partial charge is 0.255 e. The van der Waals surface area contributed by atoms with Gasteiger partial charge in [-0.3, -0.25) is 4.79 Å². The minimum atomic E-state index is -0.554. The van der Waals surface area contributed by atoms with E-state index in [4.69, 9.17) is 5.73 Å². The van der Waals surface area contributed by atoms with Crippen LogP contribution in [0, 0.1) is 11.7 Å². The van der Waals surface area contributed by atoms with E-state index in [1.54, 1.807) is 0 Å². The molecule has 0 bridgehead atoms. The van der Waals surface area contributed by atoms with Crippen molar-refractivity contribution in [3.05, 3.63) is 23.6 Å². The molecule has 0 radical (unpaired) electrons. The van der Waals surface area contributed by atoms with E-state index in [-0.39, 0.29) is 17.3 Å². The maximum atomic E-state index is 12.9.